The van der Waals surface area contributed by atoms with Crippen LogP contribution in [0.15, 0.2) is 18.2 Å². The van der Waals surface area contributed by atoms with E-state index in [2.05, 4.69) is 16.5 Å². The molecule has 1 heterocycles. The molecule has 0 radical (unpaired) electrons. The molecule has 0 saturated carbocycles. The molecule has 0 atom stereocenters. The van der Waals surface area contributed by atoms with Gasteiger partial charge >= 0.3 is 0 Å². The van der Waals surface area contributed by atoms with E-state index >= 15 is 0 Å². The van der Waals surface area contributed by atoms with Crippen molar-refractivity contribution in [2.45, 2.75) is 13.5 Å². The maximum Gasteiger partial charge on any atom is 0.142 e. The third-order valence-corrected chi connectivity index (χ3v) is 3.08. The molecule has 104 valence electrons. The van der Waals surface area contributed by atoms with Crippen LogP contribution in [-0.2, 0) is 13.6 Å². The van der Waals surface area contributed by atoms with Gasteiger partial charge in [-0.2, -0.15) is 10.4 Å². The molecule has 3 N–H and O–H groups in total. The van der Waals surface area contributed by atoms with Crippen LogP contribution >= 0.6 is 0 Å². The monoisotopic (exact) mass is 271 g/mol. The number of aryl methyl sites for hydroxylation is 2. The largest absolute Gasteiger partial charge is 0.496 e. The first-order chi connectivity index (χ1) is 9.56. The van der Waals surface area contributed by atoms with Crippen molar-refractivity contribution in [3.8, 4) is 11.8 Å². The molecule has 2 rings (SSSR count). The van der Waals surface area contributed by atoms with Crippen molar-refractivity contribution in [3.63, 3.8) is 0 Å². The van der Waals surface area contributed by atoms with E-state index in [0.717, 1.165) is 11.3 Å². The van der Waals surface area contributed by atoms with E-state index in [1.807, 2.05) is 19.1 Å². The maximum atomic E-state index is 9.17. The van der Waals surface area contributed by atoms with Gasteiger partial charge in [-0.1, -0.05) is 0 Å². The summed E-state index contributed by atoms with van der Waals surface area (Å²) in [7, 11) is 3.41. The second-order valence-corrected chi connectivity index (χ2v) is 4.47. The van der Waals surface area contributed by atoms with Gasteiger partial charge in [-0.25, -0.2) is 0 Å². The van der Waals surface area contributed by atoms with Crippen molar-refractivity contribution >= 4 is 11.5 Å². The molecule has 0 saturated heterocycles. The average molecular weight is 271 g/mol. The van der Waals surface area contributed by atoms with E-state index in [4.69, 9.17) is 15.7 Å². The molecular formula is C14H17N5O. The lowest BCUT2D eigenvalue weighted by Gasteiger charge is -2.11. The van der Waals surface area contributed by atoms with E-state index < -0.39 is 0 Å². The number of hydrogen-bond acceptors (Lipinski definition) is 5. The van der Waals surface area contributed by atoms with Crippen LogP contribution in [-0.4, -0.2) is 16.9 Å². The number of methoxy groups -OCH3 is 1. The molecule has 0 amide bonds. The normalized spacial score (nSPS) is 10.1. The third-order valence-electron chi connectivity index (χ3n) is 3.08. The van der Waals surface area contributed by atoms with Crippen LogP contribution in [0.1, 0.15) is 16.8 Å². The SMILES string of the molecule is COc1ccc(N)cc1CNc1c(C#N)c(C)nn1C. The number of nitrogens with two attached hydrogens (primary N) is 1. The minimum absolute atomic E-state index is 0.502. The summed E-state index contributed by atoms with van der Waals surface area (Å²) < 4.78 is 6.96. The predicted octanol–water partition coefficient (Wildman–Crippen LogP) is 1.80. The van der Waals surface area contributed by atoms with E-state index in [0.29, 0.717) is 29.3 Å². The second kappa shape index (κ2) is 5.53. The van der Waals surface area contributed by atoms with Crippen LogP contribution in [0.2, 0.25) is 0 Å². The summed E-state index contributed by atoms with van der Waals surface area (Å²) in [4.78, 5) is 0. The lowest BCUT2D eigenvalue weighted by molar-refractivity contribution is 0.410. The van der Waals surface area contributed by atoms with Crippen molar-refractivity contribution in [1.82, 2.24) is 9.78 Å². The Morgan fingerprint density at radius 3 is 2.90 bits per heavy atom. The van der Waals surface area contributed by atoms with Crippen molar-refractivity contribution in [3.05, 3.63) is 35.0 Å². The molecule has 0 bridgehead atoms. The summed E-state index contributed by atoms with van der Waals surface area (Å²) in [6, 6.07) is 7.62. The number of benzene rings is 1. The summed E-state index contributed by atoms with van der Waals surface area (Å²) >= 11 is 0. The average Bonchev–Trinajstić information content (AvgIpc) is 2.70. The minimum atomic E-state index is 0.502. The molecule has 6 heteroatoms. The van der Waals surface area contributed by atoms with E-state index in [-0.39, 0.29) is 0 Å². The molecule has 1 aromatic carbocycles. The molecule has 0 aliphatic rings. The molecule has 0 spiro atoms. The molecule has 6 nitrogen and oxygen atoms in total. The minimum Gasteiger partial charge on any atom is -0.496 e. The predicted molar refractivity (Wildman–Crippen MR) is 77.4 cm³/mol. The van der Waals surface area contributed by atoms with Crippen LogP contribution in [0.3, 0.4) is 0 Å². The fourth-order valence-corrected chi connectivity index (χ4v) is 2.11. The first-order valence-electron chi connectivity index (χ1n) is 6.16. The number of hydrogen-bond donors (Lipinski definition) is 2. The fourth-order valence-electron chi connectivity index (χ4n) is 2.11. The van der Waals surface area contributed by atoms with Gasteiger partial charge in [0.25, 0.3) is 0 Å². The number of aromatic nitrogens is 2. The highest BCUT2D eigenvalue weighted by Crippen LogP contribution is 2.24. The highest BCUT2D eigenvalue weighted by atomic mass is 16.5. The number of nitriles is 1. The van der Waals surface area contributed by atoms with E-state index in [1.165, 1.54) is 0 Å². The molecule has 1 aromatic heterocycles. The lowest BCUT2D eigenvalue weighted by atomic mass is 10.1. The number of nitrogen functional groups attached to an aromatic ring is 1. The van der Waals surface area contributed by atoms with Gasteiger partial charge in [0.15, 0.2) is 0 Å². The van der Waals surface area contributed by atoms with Crippen LogP contribution in [0.5, 0.6) is 5.75 Å². The summed E-state index contributed by atoms with van der Waals surface area (Å²) in [5.41, 5.74) is 8.64. The fraction of sp³-hybridized carbons (Fsp3) is 0.286. The zero-order valence-corrected chi connectivity index (χ0v) is 11.8. The molecular weight excluding hydrogens is 254 g/mol. The zero-order chi connectivity index (χ0) is 14.7. The standard InChI is InChI=1S/C14H17N5O/c1-9-12(7-15)14(19(2)18-9)17-8-10-6-11(16)4-5-13(10)20-3/h4-6,17H,8,16H2,1-3H3. The number of rotatable bonds is 4. The smallest absolute Gasteiger partial charge is 0.142 e. The van der Waals surface area contributed by atoms with Crippen molar-refractivity contribution in [2.75, 3.05) is 18.2 Å². The van der Waals surface area contributed by atoms with Gasteiger partial charge in [0.1, 0.15) is 23.2 Å². The summed E-state index contributed by atoms with van der Waals surface area (Å²) in [5, 5.41) is 16.6. The summed E-state index contributed by atoms with van der Waals surface area (Å²) in [6.07, 6.45) is 0. The Bertz CT molecular complexity index is 669. The van der Waals surface area contributed by atoms with Crippen LogP contribution in [0, 0.1) is 18.3 Å². The zero-order valence-electron chi connectivity index (χ0n) is 11.8. The van der Waals surface area contributed by atoms with Gasteiger partial charge in [-0.3, -0.25) is 4.68 Å². The van der Waals surface area contributed by atoms with Gasteiger partial charge in [-0.05, 0) is 25.1 Å². The Kier molecular flexibility index (Phi) is 3.80. The van der Waals surface area contributed by atoms with Gasteiger partial charge in [-0.15, -0.1) is 0 Å². The highest BCUT2D eigenvalue weighted by Gasteiger charge is 2.13. The van der Waals surface area contributed by atoms with Crippen molar-refractivity contribution < 1.29 is 4.74 Å². The lowest BCUT2D eigenvalue weighted by Crippen LogP contribution is -2.07. The molecule has 0 aliphatic heterocycles. The van der Waals surface area contributed by atoms with Gasteiger partial charge < -0.3 is 15.8 Å². The Balaban J connectivity index is 2.26. The highest BCUT2D eigenvalue weighted by molar-refractivity contribution is 5.56. The van der Waals surface area contributed by atoms with Crippen molar-refractivity contribution in [2.24, 2.45) is 7.05 Å². The summed E-state index contributed by atoms with van der Waals surface area (Å²) in [6.45, 7) is 2.31. The quantitative estimate of drug-likeness (QED) is 0.828. The van der Waals surface area contributed by atoms with Gasteiger partial charge in [0.05, 0.1) is 12.8 Å². The Hall–Kier alpha value is -2.68. The van der Waals surface area contributed by atoms with Gasteiger partial charge in [0, 0.05) is 24.8 Å². The van der Waals surface area contributed by atoms with Crippen LogP contribution in [0.4, 0.5) is 11.5 Å². The van der Waals surface area contributed by atoms with Crippen LogP contribution in [0.25, 0.3) is 0 Å². The van der Waals surface area contributed by atoms with Crippen molar-refractivity contribution in [1.29, 1.82) is 5.26 Å². The summed E-state index contributed by atoms with van der Waals surface area (Å²) in [5.74, 6) is 1.44. The van der Waals surface area contributed by atoms with Crippen LogP contribution < -0.4 is 15.8 Å². The first kappa shape index (κ1) is 13.7. The number of anilines is 2. The first-order valence-corrected chi connectivity index (χ1v) is 6.16. The molecule has 0 fully saturated rings. The number of nitrogens with zero attached hydrogens (tertiary/aromatic N) is 3. The second-order valence-electron chi connectivity index (χ2n) is 4.47. The van der Waals surface area contributed by atoms with E-state index in [9.17, 15) is 0 Å². The Morgan fingerprint density at radius 2 is 2.25 bits per heavy atom. The Morgan fingerprint density at radius 1 is 1.50 bits per heavy atom. The third kappa shape index (κ3) is 2.52. The molecule has 0 unspecified atom stereocenters. The van der Waals surface area contributed by atoms with Gasteiger partial charge in [0.2, 0.25) is 0 Å². The molecule has 2 aromatic rings. The maximum absolute atomic E-state index is 9.17. The topological polar surface area (TPSA) is 88.9 Å². The molecule has 20 heavy (non-hydrogen) atoms. The number of nitrogens with one attached hydrogen (secondary N) is 1. The number of ether oxygens (including phenoxy) is 1. The molecule has 0 aliphatic carbocycles. The Labute approximate surface area is 117 Å². The van der Waals surface area contributed by atoms with E-state index in [1.54, 1.807) is 24.9 Å².